The van der Waals surface area contributed by atoms with Crippen molar-refractivity contribution >= 4 is 35.0 Å². The van der Waals surface area contributed by atoms with Crippen LogP contribution in [0, 0.1) is 0 Å². The Bertz CT molecular complexity index is 898. The summed E-state index contributed by atoms with van der Waals surface area (Å²) in [6.45, 7) is 1.43. The molecule has 27 heavy (non-hydrogen) atoms. The minimum Gasteiger partial charge on any atom is -0.325 e. The topological polar surface area (TPSA) is 67.2 Å². The van der Waals surface area contributed by atoms with Crippen molar-refractivity contribution in [3.05, 3.63) is 51.0 Å². The Labute approximate surface area is 167 Å². The zero-order valence-corrected chi connectivity index (χ0v) is 17.1. The number of carbonyl (C=O) groups is 1. The van der Waals surface area contributed by atoms with Crippen molar-refractivity contribution in [2.75, 3.05) is 31.7 Å². The van der Waals surface area contributed by atoms with Gasteiger partial charge in [-0.3, -0.25) is 9.36 Å². The molecule has 0 spiro atoms. The molecule has 0 fully saturated rings. The number of hydrogen-bond donors (Lipinski definition) is 1. The summed E-state index contributed by atoms with van der Waals surface area (Å²) in [5.41, 5.74) is 2.63. The lowest BCUT2D eigenvalue weighted by Crippen LogP contribution is -2.31. The monoisotopic (exact) mass is 406 g/mol. The van der Waals surface area contributed by atoms with E-state index in [1.807, 2.05) is 14.1 Å². The van der Waals surface area contributed by atoms with Gasteiger partial charge in [0.05, 0.1) is 5.75 Å². The summed E-state index contributed by atoms with van der Waals surface area (Å²) in [7, 11) is 3.98. The first-order valence-corrected chi connectivity index (χ1v) is 10.3. The van der Waals surface area contributed by atoms with E-state index >= 15 is 0 Å². The van der Waals surface area contributed by atoms with E-state index in [0.29, 0.717) is 22.3 Å². The third-order valence-electron chi connectivity index (χ3n) is 4.42. The predicted molar refractivity (Wildman–Crippen MR) is 110 cm³/mol. The Morgan fingerprint density at radius 1 is 1.37 bits per heavy atom. The van der Waals surface area contributed by atoms with Gasteiger partial charge in [-0.05, 0) is 51.6 Å². The van der Waals surface area contributed by atoms with Crippen LogP contribution in [-0.2, 0) is 24.2 Å². The number of carbonyl (C=O) groups excluding carboxylic acids is 1. The van der Waals surface area contributed by atoms with E-state index in [-0.39, 0.29) is 17.3 Å². The summed E-state index contributed by atoms with van der Waals surface area (Å²) in [6.07, 6.45) is 2.82. The molecule has 0 bridgehead atoms. The largest absolute Gasteiger partial charge is 0.348 e. The van der Waals surface area contributed by atoms with E-state index < -0.39 is 0 Å². The summed E-state index contributed by atoms with van der Waals surface area (Å²) in [5, 5.41) is 4.08. The van der Waals surface area contributed by atoms with Crippen molar-refractivity contribution in [3.8, 4) is 0 Å². The van der Waals surface area contributed by atoms with Crippen LogP contribution in [0.15, 0.2) is 34.1 Å². The summed E-state index contributed by atoms with van der Waals surface area (Å²) < 4.78 is 1.79. The highest BCUT2D eigenvalue weighted by Gasteiger charge is 2.22. The first-order chi connectivity index (χ1) is 12.9. The van der Waals surface area contributed by atoms with Crippen molar-refractivity contribution < 1.29 is 4.79 Å². The van der Waals surface area contributed by atoms with Crippen LogP contribution >= 0.6 is 23.4 Å². The average molecular weight is 407 g/mol. The number of nitrogens with zero attached hydrogens (tertiary/aromatic N) is 3. The van der Waals surface area contributed by atoms with Gasteiger partial charge in [0.1, 0.15) is 5.03 Å². The van der Waals surface area contributed by atoms with Crippen molar-refractivity contribution in [2.45, 2.75) is 30.8 Å². The first-order valence-electron chi connectivity index (χ1n) is 8.89. The van der Waals surface area contributed by atoms with Crippen LogP contribution in [-0.4, -0.2) is 46.8 Å². The van der Waals surface area contributed by atoms with Crippen LogP contribution < -0.4 is 11.0 Å². The van der Waals surface area contributed by atoms with Gasteiger partial charge in [0.15, 0.2) is 0 Å². The van der Waals surface area contributed by atoms with Crippen LogP contribution in [0.5, 0.6) is 0 Å². The third kappa shape index (κ3) is 5.12. The average Bonchev–Trinajstić information content (AvgIpc) is 3.08. The number of anilines is 1. The Morgan fingerprint density at radius 2 is 2.19 bits per heavy atom. The molecule has 0 aliphatic heterocycles. The van der Waals surface area contributed by atoms with E-state index in [9.17, 15) is 9.59 Å². The fraction of sp³-hybridized carbons (Fsp3) is 0.421. The molecule has 0 unspecified atom stereocenters. The summed E-state index contributed by atoms with van der Waals surface area (Å²) in [4.78, 5) is 31.0. The molecule has 1 aliphatic carbocycles. The molecule has 1 aromatic heterocycles. The number of fused-ring (bicyclic) bond motifs is 1. The van der Waals surface area contributed by atoms with Gasteiger partial charge in [-0.1, -0.05) is 29.4 Å². The Balaban J connectivity index is 1.70. The minimum atomic E-state index is -0.227. The number of halogens is 1. The van der Waals surface area contributed by atoms with E-state index in [1.165, 1.54) is 11.8 Å². The molecule has 0 saturated carbocycles. The maximum absolute atomic E-state index is 12.5. The predicted octanol–water partition coefficient (Wildman–Crippen LogP) is 2.68. The molecule has 144 valence electrons. The second-order valence-corrected chi connectivity index (χ2v) is 8.18. The quantitative estimate of drug-likeness (QED) is 0.565. The lowest BCUT2D eigenvalue weighted by Gasteiger charge is -2.16. The number of amides is 1. The first kappa shape index (κ1) is 19.9. The molecule has 6 nitrogen and oxygen atoms in total. The molecule has 0 atom stereocenters. The fourth-order valence-corrected chi connectivity index (χ4v) is 4.20. The highest BCUT2D eigenvalue weighted by Crippen LogP contribution is 2.29. The molecule has 0 saturated heterocycles. The van der Waals surface area contributed by atoms with Crippen molar-refractivity contribution in [1.82, 2.24) is 14.5 Å². The number of aromatic nitrogens is 2. The van der Waals surface area contributed by atoms with Crippen LogP contribution in [0.3, 0.4) is 0 Å². The number of hydrogen-bond acceptors (Lipinski definition) is 5. The SMILES string of the molecule is CN(C)CCn1c2c(c(SCC(=O)Nc3cccc(Cl)c3)nc1=O)CCC2. The van der Waals surface area contributed by atoms with Gasteiger partial charge in [-0.15, -0.1) is 0 Å². The lowest BCUT2D eigenvalue weighted by molar-refractivity contribution is -0.113. The molecule has 3 rings (SSSR count). The van der Waals surface area contributed by atoms with E-state index in [0.717, 1.165) is 37.1 Å². The number of likely N-dealkylation sites (N-methyl/N-ethyl adjacent to an activating group) is 1. The summed E-state index contributed by atoms with van der Waals surface area (Å²) >= 11 is 7.26. The molecule has 1 amide bonds. The number of thioether (sulfide) groups is 1. The second-order valence-electron chi connectivity index (χ2n) is 6.78. The molecule has 1 heterocycles. The number of benzene rings is 1. The van der Waals surface area contributed by atoms with Crippen molar-refractivity contribution in [1.29, 1.82) is 0 Å². The summed E-state index contributed by atoms with van der Waals surface area (Å²) in [5.74, 6) is 0.0558. The van der Waals surface area contributed by atoms with Gasteiger partial charge in [0.2, 0.25) is 5.91 Å². The van der Waals surface area contributed by atoms with Crippen LogP contribution in [0.4, 0.5) is 5.69 Å². The Morgan fingerprint density at radius 3 is 2.93 bits per heavy atom. The highest BCUT2D eigenvalue weighted by molar-refractivity contribution is 8.00. The second kappa shape index (κ2) is 8.91. The van der Waals surface area contributed by atoms with Crippen LogP contribution in [0.1, 0.15) is 17.7 Å². The Hall–Kier alpha value is -1.83. The normalized spacial score (nSPS) is 13.0. The zero-order valence-electron chi connectivity index (χ0n) is 15.5. The zero-order chi connectivity index (χ0) is 19.4. The van der Waals surface area contributed by atoms with Crippen molar-refractivity contribution in [3.63, 3.8) is 0 Å². The molecular formula is C19H23ClN4O2S. The van der Waals surface area contributed by atoms with Crippen molar-refractivity contribution in [2.24, 2.45) is 0 Å². The molecule has 1 N–H and O–H groups in total. The van der Waals surface area contributed by atoms with Gasteiger partial charge < -0.3 is 10.2 Å². The van der Waals surface area contributed by atoms with Gasteiger partial charge in [0, 0.05) is 35.1 Å². The minimum absolute atomic E-state index is 0.146. The van der Waals surface area contributed by atoms with E-state index in [1.54, 1.807) is 28.8 Å². The van der Waals surface area contributed by atoms with Gasteiger partial charge in [-0.25, -0.2) is 4.79 Å². The lowest BCUT2D eigenvalue weighted by atomic mass is 10.2. The van der Waals surface area contributed by atoms with Crippen LogP contribution in [0.2, 0.25) is 5.02 Å². The highest BCUT2D eigenvalue weighted by atomic mass is 35.5. The molecule has 2 aromatic rings. The molecular weight excluding hydrogens is 384 g/mol. The third-order valence-corrected chi connectivity index (χ3v) is 5.67. The summed E-state index contributed by atoms with van der Waals surface area (Å²) in [6, 6.07) is 7.03. The molecule has 1 aromatic carbocycles. The van der Waals surface area contributed by atoms with Crippen LogP contribution in [0.25, 0.3) is 0 Å². The molecule has 0 radical (unpaired) electrons. The standard InChI is InChI=1S/C19H23ClN4O2S/c1-23(2)9-10-24-16-8-4-7-15(16)18(22-19(24)26)27-12-17(25)21-14-6-3-5-13(20)11-14/h3,5-6,11H,4,7-10,12H2,1-2H3,(H,21,25). The fourth-order valence-electron chi connectivity index (χ4n) is 3.13. The van der Waals surface area contributed by atoms with Gasteiger partial charge in [-0.2, -0.15) is 4.98 Å². The Kier molecular flexibility index (Phi) is 6.57. The van der Waals surface area contributed by atoms with Gasteiger partial charge in [0.25, 0.3) is 0 Å². The number of nitrogens with one attached hydrogen (secondary N) is 1. The molecule has 8 heteroatoms. The number of rotatable bonds is 7. The van der Waals surface area contributed by atoms with Gasteiger partial charge >= 0.3 is 5.69 Å². The van der Waals surface area contributed by atoms with E-state index in [2.05, 4.69) is 15.2 Å². The smallest absolute Gasteiger partial charge is 0.325 e. The maximum Gasteiger partial charge on any atom is 0.348 e. The molecule has 1 aliphatic rings. The van der Waals surface area contributed by atoms with E-state index in [4.69, 9.17) is 11.6 Å². The maximum atomic E-state index is 12.5.